The van der Waals surface area contributed by atoms with Crippen molar-refractivity contribution in [2.45, 2.75) is 32.2 Å². The van der Waals surface area contributed by atoms with Gasteiger partial charge < -0.3 is 15.6 Å². The molecule has 3 amide bonds. The van der Waals surface area contributed by atoms with E-state index in [1.54, 1.807) is 11.8 Å². The monoisotopic (exact) mass is 291 g/mol. The number of H-pyrrole nitrogens is 1. The van der Waals surface area contributed by atoms with Gasteiger partial charge in [0.1, 0.15) is 5.82 Å². The molecule has 0 spiro atoms. The van der Waals surface area contributed by atoms with Crippen molar-refractivity contribution >= 4 is 17.8 Å². The SMILES string of the molecule is CCN1C(=O)N2CCCCC2c2c1nc(C(N)=O)[nH]c2=O. The van der Waals surface area contributed by atoms with Crippen molar-refractivity contribution in [3.05, 3.63) is 21.7 Å². The minimum atomic E-state index is -0.815. The number of carbonyl (C=O) groups excluding carboxylic acids is 2. The van der Waals surface area contributed by atoms with Gasteiger partial charge in [0.15, 0.2) is 0 Å². The van der Waals surface area contributed by atoms with Crippen LogP contribution in [0.2, 0.25) is 0 Å². The van der Waals surface area contributed by atoms with Gasteiger partial charge >= 0.3 is 6.03 Å². The van der Waals surface area contributed by atoms with E-state index in [9.17, 15) is 14.4 Å². The molecule has 2 aliphatic rings. The molecule has 0 bridgehead atoms. The molecule has 0 radical (unpaired) electrons. The van der Waals surface area contributed by atoms with Crippen LogP contribution in [0, 0.1) is 0 Å². The van der Waals surface area contributed by atoms with Crippen LogP contribution in [0.1, 0.15) is 48.4 Å². The van der Waals surface area contributed by atoms with Gasteiger partial charge in [-0.25, -0.2) is 9.78 Å². The predicted molar refractivity (Wildman–Crippen MR) is 75.1 cm³/mol. The third-order valence-electron chi connectivity index (χ3n) is 4.05. The zero-order valence-corrected chi connectivity index (χ0v) is 11.8. The number of nitrogens with two attached hydrogens (primary N) is 1. The topological polar surface area (TPSA) is 112 Å². The maximum absolute atomic E-state index is 12.5. The van der Waals surface area contributed by atoms with Crippen LogP contribution in [0.25, 0.3) is 0 Å². The van der Waals surface area contributed by atoms with Crippen LogP contribution in [-0.4, -0.2) is 39.9 Å². The van der Waals surface area contributed by atoms with Crippen LogP contribution in [0.4, 0.5) is 10.6 Å². The molecule has 1 fully saturated rings. The van der Waals surface area contributed by atoms with Crippen LogP contribution in [0.3, 0.4) is 0 Å². The second-order valence-electron chi connectivity index (χ2n) is 5.25. The van der Waals surface area contributed by atoms with Gasteiger partial charge in [0.2, 0.25) is 5.82 Å². The highest BCUT2D eigenvalue weighted by Gasteiger charge is 2.41. The molecule has 1 atom stereocenters. The summed E-state index contributed by atoms with van der Waals surface area (Å²) in [6.45, 7) is 2.82. The summed E-state index contributed by atoms with van der Waals surface area (Å²) in [7, 11) is 0. The molecule has 21 heavy (non-hydrogen) atoms. The van der Waals surface area contributed by atoms with Crippen molar-refractivity contribution in [2.24, 2.45) is 5.73 Å². The third-order valence-corrected chi connectivity index (χ3v) is 4.05. The number of carbonyl (C=O) groups is 2. The molecule has 3 heterocycles. The van der Waals surface area contributed by atoms with E-state index in [0.29, 0.717) is 18.7 Å². The lowest BCUT2D eigenvalue weighted by molar-refractivity contribution is 0.0989. The van der Waals surface area contributed by atoms with E-state index in [-0.39, 0.29) is 23.7 Å². The van der Waals surface area contributed by atoms with E-state index in [2.05, 4.69) is 9.97 Å². The fraction of sp³-hybridized carbons (Fsp3) is 0.538. The number of fused-ring (bicyclic) bond motifs is 3. The summed E-state index contributed by atoms with van der Waals surface area (Å²) >= 11 is 0. The van der Waals surface area contributed by atoms with Crippen molar-refractivity contribution in [3.8, 4) is 0 Å². The molecule has 8 nitrogen and oxygen atoms in total. The average Bonchev–Trinajstić information content (AvgIpc) is 2.47. The highest BCUT2D eigenvalue weighted by molar-refractivity contribution is 5.95. The first kappa shape index (κ1) is 13.6. The summed E-state index contributed by atoms with van der Waals surface area (Å²) in [6, 6.07) is -0.426. The molecule has 1 saturated heterocycles. The molecule has 3 rings (SSSR count). The lowest BCUT2D eigenvalue weighted by Gasteiger charge is -2.43. The summed E-state index contributed by atoms with van der Waals surface area (Å²) in [5.41, 5.74) is 5.25. The second kappa shape index (κ2) is 4.87. The number of anilines is 1. The number of hydrogen-bond acceptors (Lipinski definition) is 4. The molecule has 2 aliphatic heterocycles. The summed E-state index contributed by atoms with van der Waals surface area (Å²) in [5.74, 6) is -0.762. The smallest absolute Gasteiger partial charge is 0.326 e. The Morgan fingerprint density at radius 2 is 2.19 bits per heavy atom. The Morgan fingerprint density at radius 1 is 1.43 bits per heavy atom. The quantitative estimate of drug-likeness (QED) is 0.818. The highest BCUT2D eigenvalue weighted by atomic mass is 16.2. The maximum atomic E-state index is 12.5. The number of aromatic nitrogens is 2. The van der Waals surface area contributed by atoms with Crippen LogP contribution >= 0.6 is 0 Å². The Labute approximate surface area is 120 Å². The summed E-state index contributed by atoms with van der Waals surface area (Å²) in [4.78, 5) is 45.8. The first-order chi connectivity index (χ1) is 10.0. The van der Waals surface area contributed by atoms with Crippen molar-refractivity contribution in [2.75, 3.05) is 18.0 Å². The molecule has 0 saturated carbocycles. The van der Waals surface area contributed by atoms with E-state index in [4.69, 9.17) is 5.73 Å². The van der Waals surface area contributed by atoms with Crippen molar-refractivity contribution in [3.63, 3.8) is 0 Å². The van der Waals surface area contributed by atoms with Crippen LogP contribution in [-0.2, 0) is 0 Å². The fourth-order valence-corrected chi connectivity index (χ4v) is 3.08. The molecule has 3 N–H and O–H groups in total. The van der Waals surface area contributed by atoms with Gasteiger partial charge in [-0.05, 0) is 26.2 Å². The zero-order chi connectivity index (χ0) is 15.1. The predicted octanol–water partition coefficient (Wildman–Crippen LogP) is 0.356. The highest BCUT2D eigenvalue weighted by Crippen LogP contribution is 2.38. The number of nitrogens with one attached hydrogen (secondary N) is 1. The van der Waals surface area contributed by atoms with E-state index >= 15 is 0 Å². The van der Waals surface area contributed by atoms with Gasteiger partial charge in [0.05, 0.1) is 11.6 Å². The van der Waals surface area contributed by atoms with Crippen molar-refractivity contribution < 1.29 is 9.59 Å². The van der Waals surface area contributed by atoms with Crippen LogP contribution in [0.5, 0.6) is 0 Å². The zero-order valence-electron chi connectivity index (χ0n) is 11.8. The Balaban J connectivity index is 2.22. The summed E-state index contributed by atoms with van der Waals surface area (Å²) in [6.07, 6.45) is 2.62. The maximum Gasteiger partial charge on any atom is 0.326 e. The second-order valence-corrected chi connectivity index (χ2v) is 5.25. The normalized spacial score (nSPS) is 21.0. The minimum Gasteiger partial charge on any atom is -0.363 e. The van der Waals surface area contributed by atoms with Crippen molar-refractivity contribution in [1.29, 1.82) is 0 Å². The molecule has 0 aliphatic carbocycles. The van der Waals surface area contributed by atoms with Gasteiger partial charge in [-0.1, -0.05) is 0 Å². The molecule has 1 unspecified atom stereocenters. The molecule has 1 aromatic rings. The lowest BCUT2D eigenvalue weighted by atomic mass is 9.94. The van der Waals surface area contributed by atoms with Gasteiger partial charge in [0.25, 0.3) is 11.5 Å². The number of urea groups is 1. The van der Waals surface area contributed by atoms with Gasteiger partial charge in [0, 0.05) is 13.1 Å². The van der Waals surface area contributed by atoms with E-state index in [0.717, 1.165) is 19.3 Å². The number of primary amides is 1. The number of amides is 3. The molecule has 112 valence electrons. The van der Waals surface area contributed by atoms with Crippen molar-refractivity contribution in [1.82, 2.24) is 14.9 Å². The molecule has 0 aromatic carbocycles. The Kier molecular flexibility index (Phi) is 3.15. The summed E-state index contributed by atoms with van der Waals surface area (Å²) < 4.78 is 0. The van der Waals surface area contributed by atoms with E-state index in [1.807, 2.05) is 0 Å². The largest absolute Gasteiger partial charge is 0.363 e. The van der Waals surface area contributed by atoms with E-state index < -0.39 is 11.5 Å². The minimum absolute atomic E-state index is 0.164. The fourth-order valence-electron chi connectivity index (χ4n) is 3.08. The average molecular weight is 291 g/mol. The lowest BCUT2D eigenvalue weighted by Crippen LogP contribution is -2.53. The number of piperidine rings is 1. The Hall–Kier alpha value is -2.38. The molecular weight excluding hydrogens is 274 g/mol. The van der Waals surface area contributed by atoms with Gasteiger partial charge in [-0.2, -0.15) is 0 Å². The molecule has 8 heteroatoms. The van der Waals surface area contributed by atoms with Gasteiger partial charge in [-0.3, -0.25) is 14.5 Å². The Morgan fingerprint density at radius 3 is 2.86 bits per heavy atom. The first-order valence-electron chi connectivity index (χ1n) is 7.06. The number of hydrogen-bond donors (Lipinski definition) is 2. The number of rotatable bonds is 2. The summed E-state index contributed by atoms with van der Waals surface area (Å²) in [5, 5.41) is 0. The Bertz CT molecular complexity index is 668. The molecule has 1 aromatic heterocycles. The standard InChI is InChI=1S/C13H17N5O3/c1-2-17-11-8(12(20)16-10(15-11)9(14)19)7-5-3-4-6-18(7)13(17)21/h7H,2-6H2,1H3,(H2,14,19)(H,15,16,20). The number of aromatic amines is 1. The van der Waals surface area contributed by atoms with Crippen LogP contribution < -0.4 is 16.2 Å². The van der Waals surface area contributed by atoms with Crippen LogP contribution in [0.15, 0.2) is 4.79 Å². The first-order valence-corrected chi connectivity index (χ1v) is 7.06. The molecular formula is C13H17N5O3. The third kappa shape index (κ3) is 1.98. The van der Waals surface area contributed by atoms with Gasteiger partial charge in [-0.15, -0.1) is 0 Å². The van der Waals surface area contributed by atoms with E-state index in [1.165, 1.54) is 4.90 Å². The number of nitrogens with zero attached hydrogens (tertiary/aromatic N) is 3.